The zero-order chi connectivity index (χ0) is 20.3. The van der Waals surface area contributed by atoms with Gasteiger partial charge in [-0.15, -0.1) is 0 Å². The molecule has 3 aromatic rings. The van der Waals surface area contributed by atoms with Gasteiger partial charge in [-0.1, -0.05) is 13.3 Å². The van der Waals surface area contributed by atoms with Gasteiger partial charge in [0.15, 0.2) is 11.2 Å². The van der Waals surface area contributed by atoms with Gasteiger partial charge in [0.2, 0.25) is 0 Å². The van der Waals surface area contributed by atoms with E-state index in [1.807, 2.05) is 6.92 Å². The molecule has 2 aromatic heterocycles. The first-order valence-corrected chi connectivity index (χ1v) is 8.95. The van der Waals surface area contributed by atoms with Gasteiger partial charge < -0.3 is 14.0 Å². The number of nitrogens with one attached hydrogen (secondary N) is 1. The molecule has 0 radical (unpaired) electrons. The minimum Gasteiger partial charge on any atom is -0.497 e. The van der Waals surface area contributed by atoms with Crippen LogP contribution in [0.5, 0.6) is 5.75 Å². The summed E-state index contributed by atoms with van der Waals surface area (Å²) in [6, 6.07) is 6.53. The molecular formula is C19H22N4O5. The van der Waals surface area contributed by atoms with Crippen LogP contribution in [0.15, 0.2) is 33.9 Å². The Morgan fingerprint density at radius 2 is 1.93 bits per heavy atom. The Bertz CT molecular complexity index is 1110. The second-order valence-electron chi connectivity index (χ2n) is 6.33. The fourth-order valence-corrected chi connectivity index (χ4v) is 2.88. The number of carbonyl (C=O) groups excluding carboxylic acids is 1. The number of benzene rings is 1. The summed E-state index contributed by atoms with van der Waals surface area (Å²) in [7, 11) is 3.19. The first kappa shape index (κ1) is 19.4. The van der Waals surface area contributed by atoms with Crippen LogP contribution in [0.25, 0.3) is 11.2 Å². The molecule has 9 heteroatoms. The third kappa shape index (κ3) is 3.68. The van der Waals surface area contributed by atoms with Gasteiger partial charge in [-0.05, 0) is 30.7 Å². The lowest BCUT2D eigenvalue weighted by molar-refractivity contribution is 0.0459. The van der Waals surface area contributed by atoms with Crippen molar-refractivity contribution in [2.75, 3.05) is 7.11 Å². The predicted octanol–water partition coefficient (Wildman–Crippen LogP) is 1.59. The van der Waals surface area contributed by atoms with Crippen LogP contribution in [0.4, 0.5) is 0 Å². The number of hydrogen-bond donors (Lipinski definition) is 1. The smallest absolute Gasteiger partial charge is 0.338 e. The van der Waals surface area contributed by atoms with E-state index in [4.69, 9.17) is 9.47 Å². The van der Waals surface area contributed by atoms with E-state index < -0.39 is 17.2 Å². The molecule has 0 aliphatic heterocycles. The third-order valence-electron chi connectivity index (χ3n) is 4.50. The number of aryl methyl sites for hydroxylation is 2. The van der Waals surface area contributed by atoms with Crippen molar-refractivity contribution < 1.29 is 14.3 Å². The van der Waals surface area contributed by atoms with Crippen LogP contribution in [0.2, 0.25) is 0 Å². The first-order valence-electron chi connectivity index (χ1n) is 8.95. The van der Waals surface area contributed by atoms with Gasteiger partial charge in [0.25, 0.3) is 5.56 Å². The molecule has 9 nitrogen and oxygen atoms in total. The minimum atomic E-state index is -0.521. The van der Waals surface area contributed by atoms with Crippen LogP contribution in [-0.4, -0.2) is 32.2 Å². The number of H-pyrrole nitrogens is 1. The quantitative estimate of drug-likeness (QED) is 0.618. The minimum absolute atomic E-state index is 0.128. The number of rotatable bonds is 7. The fraction of sp³-hybridized carbons (Fsp3) is 0.368. The number of aromatic amines is 1. The third-order valence-corrected chi connectivity index (χ3v) is 4.50. The average Bonchev–Trinajstić information content (AvgIpc) is 3.02. The molecule has 0 atom stereocenters. The number of fused-ring (bicyclic) bond motifs is 1. The molecule has 1 N–H and O–H groups in total. The number of imidazole rings is 1. The topological polar surface area (TPSA) is 108 Å². The summed E-state index contributed by atoms with van der Waals surface area (Å²) in [5, 5.41) is 0. The maximum Gasteiger partial charge on any atom is 0.338 e. The van der Waals surface area contributed by atoms with Crippen molar-refractivity contribution in [3.8, 4) is 5.75 Å². The molecule has 2 heterocycles. The molecule has 0 unspecified atom stereocenters. The lowest BCUT2D eigenvalue weighted by Crippen LogP contribution is -2.31. The first-order chi connectivity index (χ1) is 13.5. The molecule has 0 spiro atoms. The number of unbranched alkanes of at least 4 members (excludes halogenated alkanes) is 1. The zero-order valence-corrected chi connectivity index (χ0v) is 16.0. The summed E-state index contributed by atoms with van der Waals surface area (Å²) in [6.07, 6.45) is 1.67. The Hall–Kier alpha value is -3.36. The molecule has 0 aliphatic carbocycles. The van der Waals surface area contributed by atoms with E-state index in [0.29, 0.717) is 29.3 Å². The SMILES string of the molecule is CCCCn1c(=O)[nH]c(=O)c2c1nc(COC(=O)c1ccc(OC)cc1)n2C. The molecule has 0 saturated heterocycles. The van der Waals surface area contributed by atoms with Crippen LogP contribution in [0.1, 0.15) is 35.9 Å². The Kier molecular flexibility index (Phi) is 5.62. The summed E-state index contributed by atoms with van der Waals surface area (Å²) in [5.41, 5.74) is -0.0787. The highest BCUT2D eigenvalue weighted by atomic mass is 16.5. The van der Waals surface area contributed by atoms with Gasteiger partial charge >= 0.3 is 11.7 Å². The number of carbonyl (C=O) groups is 1. The van der Waals surface area contributed by atoms with Gasteiger partial charge in [0.1, 0.15) is 18.2 Å². The van der Waals surface area contributed by atoms with Crippen LogP contribution in [-0.2, 0) is 24.9 Å². The molecular weight excluding hydrogens is 364 g/mol. The van der Waals surface area contributed by atoms with Crippen molar-refractivity contribution in [3.63, 3.8) is 0 Å². The molecule has 0 fully saturated rings. The van der Waals surface area contributed by atoms with Crippen molar-refractivity contribution >= 4 is 17.1 Å². The van der Waals surface area contributed by atoms with E-state index in [2.05, 4.69) is 9.97 Å². The maximum atomic E-state index is 12.3. The van der Waals surface area contributed by atoms with E-state index in [-0.39, 0.29) is 12.1 Å². The summed E-state index contributed by atoms with van der Waals surface area (Å²) < 4.78 is 13.4. The number of hydrogen-bond acceptors (Lipinski definition) is 6. The molecule has 1 aromatic carbocycles. The molecule has 0 bridgehead atoms. The van der Waals surface area contributed by atoms with Gasteiger partial charge in [0.05, 0.1) is 12.7 Å². The second-order valence-corrected chi connectivity index (χ2v) is 6.33. The van der Waals surface area contributed by atoms with E-state index in [1.165, 1.54) is 9.13 Å². The summed E-state index contributed by atoms with van der Waals surface area (Å²) >= 11 is 0. The Balaban J connectivity index is 1.87. The monoisotopic (exact) mass is 386 g/mol. The second kappa shape index (κ2) is 8.12. The van der Waals surface area contributed by atoms with Crippen molar-refractivity contribution in [1.29, 1.82) is 0 Å². The maximum absolute atomic E-state index is 12.3. The van der Waals surface area contributed by atoms with Crippen LogP contribution in [0, 0.1) is 0 Å². The molecule has 0 amide bonds. The number of ether oxygens (including phenoxy) is 2. The number of methoxy groups -OCH3 is 1. The average molecular weight is 386 g/mol. The van der Waals surface area contributed by atoms with Crippen LogP contribution in [0.3, 0.4) is 0 Å². The number of aromatic nitrogens is 4. The van der Waals surface area contributed by atoms with E-state index in [1.54, 1.807) is 38.4 Å². The molecule has 0 aliphatic rings. The molecule has 3 rings (SSSR count). The highest BCUT2D eigenvalue weighted by Crippen LogP contribution is 2.14. The number of nitrogens with zero attached hydrogens (tertiary/aromatic N) is 3. The lowest BCUT2D eigenvalue weighted by atomic mass is 10.2. The Labute approximate surface area is 160 Å². The highest BCUT2D eigenvalue weighted by molar-refractivity contribution is 5.89. The molecule has 148 valence electrons. The van der Waals surface area contributed by atoms with E-state index in [0.717, 1.165) is 12.8 Å². The van der Waals surface area contributed by atoms with Crippen molar-refractivity contribution in [2.24, 2.45) is 7.05 Å². The summed E-state index contributed by atoms with van der Waals surface area (Å²) in [4.78, 5) is 43.3. The van der Waals surface area contributed by atoms with Crippen molar-refractivity contribution in [1.82, 2.24) is 19.1 Å². The molecule has 0 saturated carbocycles. The standard InChI is InChI=1S/C19H22N4O5/c1-4-5-10-23-16-15(17(24)21-19(23)26)22(2)14(20-16)11-28-18(25)12-6-8-13(27-3)9-7-12/h6-9H,4-5,10-11H2,1-3H3,(H,21,24,26). The van der Waals surface area contributed by atoms with Crippen LogP contribution < -0.4 is 16.0 Å². The zero-order valence-electron chi connectivity index (χ0n) is 16.0. The van der Waals surface area contributed by atoms with Gasteiger partial charge in [-0.3, -0.25) is 14.3 Å². The summed E-state index contributed by atoms with van der Waals surface area (Å²) in [6.45, 7) is 2.33. The normalized spacial score (nSPS) is 11.0. The highest BCUT2D eigenvalue weighted by Gasteiger charge is 2.17. The largest absolute Gasteiger partial charge is 0.497 e. The number of esters is 1. The Morgan fingerprint density at radius 3 is 2.57 bits per heavy atom. The predicted molar refractivity (Wildman–Crippen MR) is 103 cm³/mol. The van der Waals surface area contributed by atoms with E-state index >= 15 is 0 Å². The fourth-order valence-electron chi connectivity index (χ4n) is 2.88. The van der Waals surface area contributed by atoms with Gasteiger partial charge in [-0.2, -0.15) is 0 Å². The van der Waals surface area contributed by atoms with Gasteiger partial charge in [0, 0.05) is 13.6 Å². The molecule has 28 heavy (non-hydrogen) atoms. The lowest BCUT2D eigenvalue weighted by Gasteiger charge is -2.06. The Morgan fingerprint density at radius 1 is 1.21 bits per heavy atom. The van der Waals surface area contributed by atoms with Crippen molar-refractivity contribution in [2.45, 2.75) is 32.9 Å². The van der Waals surface area contributed by atoms with E-state index in [9.17, 15) is 14.4 Å². The summed E-state index contributed by atoms with van der Waals surface area (Å²) in [5.74, 6) is 0.487. The van der Waals surface area contributed by atoms with Crippen molar-refractivity contribution in [3.05, 3.63) is 56.5 Å². The van der Waals surface area contributed by atoms with Crippen LogP contribution >= 0.6 is 0 Å². The van der Waals surface area contributed by atoms with Gasteiger partial charge in [-0.25, -0.2) is 14.6 Å².